The summed E-state index contributed by atoms with van der Waals surface area (Å²) in [5, 5.41) is 9.51. The fourth-order valence-corrected chi connectivity index (χ4v) is 1.13. The van der Waals surface area contributed by atoms with Crippen LogP contribution in [-0.2, 0) is 0 Å². The van der Waals surface area contributed by atoms with Gasteiger partial charge in [-0.05, 0) is 38.5 Å². The standard InChI is InChI=1S/C12H17NO/c1-9-4-5-11(13)10(8-9)6-7-12(2,3)14/h4-8,14H,13H2,1-3H3/b7-6+. The zero-order chi connectivity index (χ0) is 10.8. The van der Waals surface area contributed by atoms with Gasteiger partial charge in [0.15, 0.2) is 0 Å². The zero-order valence-electron chi connectivity index (χ0n) is 8.91. The minimum Gasteiger partial charge on any atom is -0.398 e. The summed E-state index contributed by atoms with van der Waals surface area (Å²) in [5.74, 6) is 0. The van der Waals surface area contributed by atoms with Gasteiger partial charge in [0, 0.05) is 5.69 Å². The normalized spacial score (nSPS) is 12.3. The van der Waals surface area contributed by atoms with E-state index in [0.29, 0.717) is 0 Å². The van der Waals surface area contributed by atoms with Crippen molar-refractivity contribution in [3.63, 3.8) is 0 Å². The van der Waals surface area contributed by atoms with E-state index >= 15 is 0 Å². The van der Waals surface area contributed by atoms with Crippen molar-refractivity contribution in [2.75, 3.05) is 5.73 Å². The number of rotatable bonds is 2. The van der Waals surface area contributed by atoms with Crippen molar-refractivity contribution in [1.29, 1.82) is 0 Å². The Morgan fingerprint density at radius 1 is 1.36 bits per heavy atom. The third kappa shape index (κ3) is 3.23. The van der Waals surface area contributed by atoms with Crippen LogP contribution in [0.25, 0.3) is 6.08 Å². The summed E-state index contributed by atoms with van der Waals surface area (Å²) in [6.45, 7) is 5.48. The number of benzene rings is 1. The molecule has 0 bridgehead atoms. The van der Waals surface area contributed by atoms with Crippen LogP contribution in [0.4, 0.5) is 5.69 Å². The Kier molecular flexibility index (Phi) is 2.96. The summed E-state index contributed by atoms with van der Waals surface area (Å²) >= 11 is 0. The molecule has 3 N–H and O–H groups in total. The fraction of sp³-hybridized carbons (Fsp3) is 0.333. The molecule has 2 nitrogen and oxygen atoms in total. The van der Waals surface area contributed by atoms with Gasteiger partial charge in [0.1, 0.15) is 0 Å². The molecular formula is C12H17NO. The second-order valence-corrected chi connectivity index (χ2v) is 4.12. The van der Waals surface area contributed by atoms with Crippen molar-refractivity contribution in [3.05, 3.63) is 35.4 Å². The fourth-order valence-electron chi connectivity index (χ4n) is 1.13. The van der Waals surface area contributed by atoms with E-state index in [1.54, 1.807) is 19.9 Å². The molecule has 14 heavy (non-hydrogen) atoms. The van der Waals surface area contributed by atoms with Crippen LogP contribution < -0.4 is 5.73 Å². The van der Waals surface area contributed by atoms with Gasteiger partial charge in [0.25, 0.3) is 0 Å². The smallest absolute Gasteiger partial charge is 0.0774 e. The maximum atomic E-state index is 9.51. The van der Waals surface area contributed by atoms with Crippen LogP contribution in [0.3, 0.4) is 0 Å². The van der Waals surface area contributed by atoms with E-state index in [0.717, 1.165) is 16.8 Å². The van der Waals surface area contributed by atoms with Crippen LogP contribution in [0.15, 0.2) is 24.3 Å². The molecule has 0 radical (unpaired) electrons. The second kappa shape index (κ2) is 3.84. The molecule has 0 aliphatic heterocycles. The van der Waals surface area contributed by atoms with E-state index in [1.165, 1.54) is 0 Å². The lowest BCUT2D eigenvalue weighted by Crippen LogP contribution is -2.13. The largest absolute Gasteiger partial charge is 0.398 e. The van der Waals surface area contributed by atoms with Crippen LogP contribution in [0.5, 0.6) is 0 Å². The van der Waals surface area contributed by atoms with Crippen molar-refractivity contribution >= 4 is 11.8 Å². The van der Waals surface area contributed by atoms with E-state index in [4.69, 9.17) is 5.73 Å². The number of aliphatic hydroxyl groups is 1. The summed E-state index contributed by atoms with van der Waals surface area (Å²) in [6, 6.07) is 5.84. The van der Waals surface area contributed by atoms with E-state index in [9.17, 15) is 5.11 Å². The van der Waals surface area contributed by atoms with Crippen molar-refractivity contribution in [2.24, 2.45) is 0 Å². The molecule has 0 unspecified atom stereocenters. The summed E-state index contributed by atoms with van der Waals surface area (Å²) in [4.78, 5) is 0. The Bertz CT molecular complexity index is 348. The minimum atomic E-state index is -0.795. The first-order valence-electron chi connectivity index (χ1n) is 4.66. The lowest BCUT2D eigenvalue weighted by atomic mass is 10.0. The molecule has 0 aliphatic carbocycles. The lowest BCUT2D eigenvalue weighted by Gasteiger charge is -2.10. The molecule has 0 saturated carbocycles. The molecule has 0 heterocycles. The first kappa shape index (κ1) is 10.8. The van der Waals surface area contributed by atoms with Crippen molar-refractivity contribution < 1.29 is 5.11 Å². The Labute approximate surface area is 85.1 Å². The van der Waals surface area contributed by atoms with Crippen molar-refractivity contribution in [3.8, 4) is 0 Å². The molecule has 2 heteroatoms. The van der Waals surface area contributed by atoms with Gasteiger partial charge < -0.3 is 10.8 Å². The highest BCUT2D eigenvalue weighted by molar-refractivity contribution is 5.65. The van der Waals surface area contributed by atoms with E-state index in [-0.39, 0.29) is 0 Å². The quantitative estimate of drug-likeness (QED) is 0.705. The maximum absolute atomic E-state index is 9.51. The molecule has 1 aromatic carbocycles. The van der Waals surface area contributed by atoms with Gasteiger partial charge in [-0.15, -0.1) is 0 Å². The van der Waals surface area contributed by atoms with E-state index < -0.39 is 5.60 Å². The highest BCUT2D eigenvalue weighted by Crippen LogP contribution is 2.17. The third-order valence-electron chi connectivity index (χ3n) is 1.91. The van der Waals surface area contributed by atoms with Gasteiger partial charge in [-0.1, -0.05) is 23.8 Å². The van der Waals surface area contributed by atoms with Crippen LogP contribution in [0.2, 0.25) is 0 Å². The van der Waals surface area contributed by atoms with Crippen molar-refractivity contribution in [1.82, 2.24) is 0 Å². The van der Waals surface area contributed by atoms with E-state index in [2.05, 4.69) is 0 Å². The SMILES string of the molecule is Cc1ccc(N)c(/C=C/C(C)(C)O)c1. The molecule has 0 saturated heterocycles. The highest BCUT2D eigenvalue weighted by Gasteiger charge is 2.06. The number of hydrogen-bond donors (Lipinski definition) is 2. The number of nitrogens with two attached hydrogens (primary N) is 1. The third-order valence-corrected chi connectivity index (χ3v) is 1.91. The molecule has 0 aliphatic rings. The van der Waals surface area contributed by atoms with Gasteiger partial charge in [0.05, 0.1) is 5.60 Å². The number of aryl methyl sites for hydroxylation is 1. The molecule has 0 fully saturated rings. The predicted octanol–water partition coefficient (Wildman–Crippen LogP) is 2.36. The Morgan fingerprint density at radius 3 is 2.57 bits per heavy atom. The lowest BCUT2D eigenvalue weighted by molar-refractivity contribution is 0.134. The maximum Gasteiger partial charge on any atom is 0.0774 e. The monoisotopic (exact) mass is 191 g/mol. The van der Waals surface area contributed by atoms with Crippen LogP contribution in [-0.4, -0.2) is 10.7 Å². The Hall–Kier alpha value is -1.28. The highest BCUT2D eigenvalue weighted by atomic mass is 16.3. The number of nitrogen functional groups attached to an aromatic ring is 1. The first-order chi connectivity index (χ1) is 6.38. The first-order valence-corrected chi connectivity index (χ1v) is 4.66. The average molecular weight is 191 g/mol. The van der Waals surface area contributed by atoms with E-state index in [1.807, 2.05) is 31.2 Å². The number of hydrogen-bond acceptors (Lipinski definition) is 2. The van der Waals surface area contributed by atoms with Gasteiger partial charge in [0.2, 0.25) is 0 Å². The van der Waals surface area contributed by atoms with Crippen LogP contribution in [0, 0.1) is 6.92 Å². The summed E-state index contributed by atoms with van der Waals surface area (Å²) in [6.07, 6.45) is 3.58. The average Bonchev–Trinajstić information content (AvgIpc) is 2.05. The zero-order valence-corrected chi connectivity index (χ0v) is 8.91. The Balaban J connectivity index is 2.97. The Morgan fingerprint density at radius 2 is 2.00 bits per heavy atom. The van der Waals surface area contributed by atoms with Gasteiger partial charge in [-0.25, -0.2) is 0 Å². The van der Waals surface area contributed by atoms with Gasteiger partial charge in [-0.3, -0.25) is 0 Å². The molecule has 76 valence electrons. The molecule has 0 atom stereocenters. The van der Waals surface area contributed by atoms with Crippen molar-refractivity contribution in [2.45, 2.75) is 26.4 Å². The molecule has 0 amide bonds. The van der Waals surface area contributed by atoms with Crippen LogP contribution >= 0.6 is 0 Å². The van der Waals surface area contributed by atoms with Crippen LogP contribution in [0.1, 0.15) is 25.0 Å². The molecule has 1 aromatic rings. The minimum absolute atomic E-state index is 0.733. The molecule has 0 spiro atoms. The molecule has 1 rings (SSSR count). The molecule has 0 aromatic heterocycles. The summed E-state index contributed by atoms with van der Waals surface area (Å²) in [7, 11) is 0. The second-order valence-electron chi connectivity index (χ2n) is 4.12. The van der Waals surface area contributed by atoms with Gasteiger partial charge in [-0.2, -0.15) is 0 Å². The molecular weight excluding hydrogens is 174 g/mol. The summed E-state index contributed by atoms with van der Waals surface area (Å²) in [5.41, 5.74) is 7.84. The predicted molar refractivity (Wildman–Crippen MR) is 60.9 cm³/mol. The topological polar surface area (TPSA) is 46.2 Å². The van der Waals surface area contributed by atoms with Gasteiger partial charge >= 0.3 is 0 Å². The number of anilines is 1. The summed E-state index contributed by atoms with van der Waals surface area (Å²) < 4.78 is 0.